The van der Waals surface area contributed by atoms with E-state index in [-0.39, 0.29) is 0 Å². The van der Waals surface area contributed by atoms with Gasteiger partial charge in [0.1, 0.15) is 0 Å². The molecule has 0 saturated heterocycles. The summed E-state index contributed by atoms with van der Waals surface area (Å²) in [4.78, 5) is 0. The highest BCUT2D eigenvalue weighted by Crippen LogP contribution is 2.58. The summed E-state index contributed by atoms with van der Waals surface area (Å²) in [5.41, 5.74) is 0.661. The Labute approximate surface area is 95.8 Å². The van der Waals surface area contributed by atoms with Gasteiger partial charge < -0.3 is 0 Å². The average molecular weight is 208 g/mol. The Bertz CT molecular complexity index is 214. The summed E-state index contributed by atoms with van der Waals surface area (Å²) in [6.07, 6.45) is 5.97. The Balaban J connectivity index is 2.25. The Kier molecular flexibility index (Phi) is 2.90. The van der Waals surface area contributed by atoms with Gasteiger partial charge in [0, 0.05) is 0 Å². The molecule has 0 aliphatic heterocycles. The molecule has 0 aromatic carbocycles. The first-order valence-electron chi connectivity index (χ1n) is 6.92. The van der Waals surface area contributed by atoms with Crippen LogP contribution in [0.2, 0.25) is 0 Å². The van der Waals surface area contributed by atoms with Gasteiger partial charge >= 0.3 is 0 Å². The predicted molar refractivity (Wildman–Crippen MR) is 66.7 cm³/mol. The summed E-state index contributed by atoms with van der Waals surface area (Å²) >= 11 is 0. The maximum Gasteiger partial charge on any atom is -0.0287 e. The van der Waals surface area contributed by atoms with Gasteiger partial charge in [0.15, 0.2) is 0 Å². The largest absolute Gasteiger partial charge is 0.0625 e. The Hall–Kier alpha value is 0. The summed E-state index contributed by atoms with van der Waals surface area (Å²) in [6.45, 7) is 12.4. The third-order valence-electron chi connectivity index (χ3n) is 5.07. The molecule has 0 N–H and O–H groups in total. The highest BCUT2D eigenvalue weighted by atomic mass is 14.5. The number of hydrogen-bond acceptors (Lipinski definition) is 0. The van der Waals surface area contributed by atoms with Crippen LogP contribution in [0.1, 0.15) is 60.3 Å². The van der Waals surface area contributed by atoms with E-state index < -0.39 is 0 Å². The molecule has 0 heteroatoms. The number of fused-ring (bicyclic) bond motifs is 2. The smallest absolute Gasteiger partial charge is 0.0287 e. The van der Waals surface area contributed by atoms with Crippen molar-refractivity contribution in [3.05, 3.63) is 0 Å². The molecule has 2 aliphatic carbocycles. The summed E-state index contributed by atoms with van der Waals surface area (Å²) in [7, 11) is 0. The molecule has 3 unspecified atom stereocenters. The lowest BCUT2D eigenvalue weighted by atomic mass is 9.49. The van der Waals surface area contributed by atoms with Crippen LogP contribution in [-0.2, 0) is 0 Å². The number of rotatable bonds is 1. The maximum atomic E-state index is 2.58. The molecule has 0 nitrogen and oxygen atoms in total. The van der Waals surface area contributed by atoms with Crippen molar-refractivity contribution in [1.82, 2.24) is 0 Å². The van der Waals surface area contributed by atoms with E-state index in [0.717, 1.165) is 29.6 Å². The predicted octanol–water partition coefficient (Wildman–Crippen LogP) is 4.74. The van der Waals surface area contributed by atoms with E-state index in [9.17, 15) is 0 Å². The Morgan fingerprint density at radius 3 is 1.80 bits per heavy atom. The molecule has 2 bridgehead atoms. The van der Waals surface area contributed by atoms with Crippen molar-refractivity contribution >= 4 is 0 Å². The molecule has 2 saturated carbocycles. The van der Waals surface area contributed by atoms with Gasteiger partial charge in [-0.1, -0.05) is 34.6 Å². The summed E-state index contributed by atoms with van der Waals surface area (Å²) in [6, 6.07) is 0. The fraction of sp³-hybridized carbons (Fsp3) is 1.00. The third kappa shape index (κ3) is 1.97. The van der Waals surface area contributed by atoms with Gasteiger partial charge in [0.2, 0.25) is 0 Å². The highest BCUT2D eigenvalue weighted by molar-refractivity contribution is 4.99. The highest BCUT2D eigenvalue weighted by Gasteiger charge is 2.49. The van der Waals surface area contributed by atoms with Crippen molar-refractivity contribution in [2.45, 2.75) is 60.3 Å². The fourth-order valence-corrected chi connectivity index (χ4v) is 5.46. The molecule has 2 fully saturated rings. The van der Waals surface area contributed by atoms with Gasteiger partial charge in [-0.3, -0.25) is 0 Å². The molecule has 0 aromatic rings. The van der Waals surface area contributed by atoms with Crippen LogP contribution in [0.15, 0.2) is 0 Å². The van der Waals surface area contributed by atoms with E-state index in [2.05, 4.69) is 34.6 Å². The van der Waals surface area contributed by atoms with Crippen molar-refractivity contribution in [3.8, 4) is 0 Å². The first-order valence-corrected chi connectivity index (χ1v) is 6.92. The molecule has 0 aromatic heterocycles. The lowest BCUT2D eigenvalue weighted by molar-refractivity contribution is -0.0633. The van der Waals surface area contributed by atoms with Crippen molar-refractivity contribution < 1.29 is 0 Å². The van der Waals surface area contributed by atoms with E-state index in [1.165, 1.54) is 25.7 Å². The van der Waals surface area contributed by atoms with Crippen LogP contribution in [0.4, 0.5) is 0 Å². The molecule has 0 radical (unpaired) electrons. The second-order valence-corrected chi connectivity index (χ2v) is 7.27. The van der Waals surface area contributed by atoms with Gasteiger partial charge in [0.05, 0.1) is 0 Å². The van der Waals surface area contributed by atoms with Gasteiger partial charge in [-0.15, -0.1) is 0 Å². The van der Waals surface area contributed by atoms with Crippen molar-refractivity contribution in [1.29, 1.82) is 0 Å². The lowest BCUT2D eigenvalue weighted by Gasteiger charge is -2.56. The van der Waals surface area contributed by atoms with Crippen LogP contribution in [0.3, 0.4) is 0 Å². The van der Waals surface area contributed by atoms with Gasteiger partial charge in [-0.05, 0) is 60.7 Å². The van der Waals surface area contributed by atoms with Crippen LogP contribution >= 0.6 is 0 Å². The summed E-state index contributed by atoms with van der Waals surface area (Å²) < 4.78 is 0. The molecule has 0 spiro atoms. The molecule has 15 heavy (non-hydrogen) atoms. The summed E-state index contributed by atoms with van der Waals surface area (Å²) in [5.74, 6) is 4.87. The minimum Gasteiger partial charge on any atom is -0.0625 e. The fourth-order valence-electron chi connectivity index (χ4n) is 5.46. The zero-order valence-electron chi connectivity index (χ0n) is 11.2. The minimum absolute atomic E-state index is 0.661. The van der Waals surface area contributed by atoms with Crippen molar-refractivity contribution in [2.75, 3.05) is 0 Å². The van der Waals surface area contributed by atoms with Crippen molar-refractivity contribution in [3.63, 3.8) is 0 Å². The van der Waals surface area contributed by atoms with E-state index in [4.69, 9.17) is 0 Å². The Morgan fingerprint density at radius 2 is 1.47 bits per heavy atom. The third-order valence-corrected chi connectivity index (χ3v) is 5.07. The maximum absolute atomic E-state index is 2.58. The van der Waals surface area contributed by atoms with Crippen LogP contribution in [0.5, 0.6) is 0 Å². The minimum atomic E-state index is 0.661. The lowest BCUT2D eigenvalue weighted by Crippen LogP contribution is -2.47. The molecule has 0 heterocycles. The second kappa shape index (κ2) is 3.79. The van der Waals surface area contributed by atoms with Gasteiger partial charge in [-0.2, -0.15) is 0 Å². The average Bonchev–Trinajstić information content (AvgIpc) is 1.96. The van der Waals surface area contributed by atoms with Crippen LogP contribution < -0.4 is 0 Å². The zero-order valence-corrected chi connectivity index (χ0v) is 11.2. The molecule has 2 rings (SSSR count). The van der Waals surface area contributed by atoms with Gasteiger partial charge in [-0.25, -0.2) is 0 Å². The molecule has 2 aliphatic rings. The van der Waals surface area contributed by atoms with Crippen LogP contribution in [-0.4, -0.2) is 0 Å². The first kappa shape index (κ1) is 11.5. The first-order chi connectivity index (χ1) is 6.92. The number of hydrogen-bond donors (Lipinski definition) is 0. The molecule has 0 amide bonds. The topological polar surface area (TPSA) is 0 Å². The van der Waals surface area contributed by atoms with E-state index in [1.807, 2.05) is 0 Å². The SMILES string of the molecule is CC1CC2CC(C)CC(C)(C1)C2C(C)C. The monoisotopic (exact) mass is 208 g/mol. The summed E-state index contributed by atoms with van der Waals surface area (Å²) in [5, 5.41) is 0. The van der Waals surface area contributed by atoms with Crippen LogP contribution in [0, 0.1) is 35.0 Å². The molecular formula is C15H28. The quantitative estimate of drug-likeness (QED) is 0.584. The zero-order chi connectivity index (χ0) is 11.2. The molecular weight excluding hydrogens is 180 g/mol. The normalized spacial score (nSPS) is 50.8. The van der Waals surface area contributed by atoms with E-state index in [0.29, 0.717) is 5.41 Å². The van der Waals surface area contributed by atoms with Crippen LogP contribution in [0.25, 0.3) is 0 Å². The Morgan fingerprint density at radius 1 is 1.00 bits per heavy atom. The molecule has 3 atom stereocenters. The second-order valence-electron chi connectivity index (χ2n) is 7.27. The van der Waals surface area contributed by atoms with Crippen molar-refractivity contribution in [2.24, 2.45) is 35.0 Å². The van der Waals surface area contributed by atoms with E-state index in [1.54, 1.807) is 0 Å². The van der Waals surface area contributed by atoms with E-state index >= 15 is 0 Å². The molecule has 88 valence electrons. The standard InChI is InChI=1S/C15H28/c1-10(2)14-13-6-11(3)8-15(14,5)9-12(4)7-13/h10-14H,6-9H2,1-5H3. The van der Waals surface area contributed by atoms with Gasteiger partial charge in [0.25, 0.3) is 0 Å².